The SMILES string of the molecule is CNS(=O)(=O)c1ccccc1NC1C(C)CCCC1C. The molecule has 1 aliphatic carbocycles. The highest BCUT2D eigenvalue weighted by atomic mass is 32.2. The summed E-state index contributed by atoms with van der Waals surface area (Å²) < 4.78 is 26.5. The number of sulfonamides is 1. The number of hydrogen-bond acceptors (Lipinski definition) is 3. The van der Waals surface area contributed by atoms with E-state index in [9.17, 15) is 8.42 Å². The van der Waals surface area contributed by atoms with Crippen LogP contribution in [0, 0.1) is 11.8 Å². The molecule has 2 unspecified atom stereocenters. The molecule has 1 aromatic rings. The van der Waals surface area contributed by atoms with E-state index in [0.29, 0.717) is 28.5 Å². The first kappa shape index (κ1) is 15.3. The molecule has 0 heterocycles. The van der Waals surface area contributed by atoms with Crippen molar-refractivity contribution in [1.82, 2.24) is 4.72 Å². The number of anilines is 1. The second-order valence-corrected chi connectivity index (χ2v) is 7.61. The third-order valence-corrected chi connectivity index (χ3v) is 5.78. The zero-order chi connectivity index (χ0) is 14.8. The van der Waals surface area contributed by atoms with Crippen molar-refractivity contribution < 1.29 is 8.42 Å². The molecule has 4 nitrogen and oxygen atoms in total. The Morgan fingerprint density at radius 3 is 2.30 bits per heavy atom. The highest BCUT2D eigenvalue weighted by Crippen LogP contribution is 2.32. The molecule has 0 amide bonds. The monoisotopic (exact) mass is 296 g/mol. The molecule has 2 N–H and O–H groups in total. The van der Waals surface area contributed by atoms with Gasteiger partial charge in [0.25, 0.3) is 0 Å². The molecule has 1 aliphatic rings. The molecule has 0 spiro atoms. The maximum Gasteiger partial charge on any atom is 0.242 e. The van der Waals surface area contributed by atoms with Crippen LogP contribution in [0.2, 0.25) is 0 Å². The van der Waals surface area contributed by atoms with Crippen molar-refractivity contribution in [2.45, 2.75) is 44.0 Å². The third kappa shape index (κ3) is 3.15. The second kappa shape index (κ2) is 6.14. The van der Waals surface area contributed by atoms with Crippen LogP contribution < -0.4 is 10.0 Å². The van der Waals surface area contributed by atoms with E-state index in [1.807, 2.05) is 12.1 Å². The molecule has 0 bridgehead atoms. The number of para-hydroxylation sites is 1. The number of nitrogens with one attached hydrogen (secondary N) is 2. The first-order valence-corrected chi connectivity index (χ1v) is 8.73. The molecule has 1 aromatic carbocycles. The lowest BCUT2D eigenvalue weighted by molar-refractivity contribution is 0.268. The summed E-state index contributed by atoms with van der Waals surface area (Å²) in [6.45, 7) is 4.48. The fourth-order valence-electron chi connectivity index (χ4n) is 3.08. The minimum Gasteiger partial charge on any atom is -0.381 e. The first-order valence-electron chi connectivity index (χ1n) is 7.25. The third-order valence-electron chi connectivity index (χ3n) is 4.31. The average molecular weight is 296 g/mol. The molecule has 1 fully saturated rings. The van der Waals surface area contributed by atoms with Crippen LogP contribution in [0.25, 0.3) is 0 Å². The van der Waals surface area contributed by atoms with E-state index in [4.69, 9.17) is 0 Å². The van der Waals surface area contributed by atoms with E-state index < -0.39 is 10.0 Å². The molecule has 2 atom stereocenters. The predicted molar refractivity (Wildman–Crippen MR) is 82.3 cm³/mol. The van der Waals surface area contributed by atoms with E-state index in [0.717, 1.165) is 0 Å². The molecule has 2 rings (SSSR count). The largest absolute Gasteiger partial charge is 0.381 e. The Balaban J connectivity index is 2.30. The highest BCUT2D eigenvalue weighted by molar-refractivity contribution is 7.89. The molecule has 0 aromatic heterocycles. The van der Waals surface area contributed by atoms with Gasteiger partial charge in [0.15, 0.2) is 0 Å². The van der Waals surface area contributed by atoms with Crippen LogP contribution >= 0.6 is 0 Å². The van der Waals surface area contributed by atoms with Crippen LogP contribution in [0.4, 0.5) is 5.69 Å². The van der Waals surface area contributed by atoms with Crippen molar-refractivity contribution in [3.05, 3.63) is 24.3 Å². The summed E-state index contributed by atoms with van der Waals surface area (Å²) in [6.07, 6.45) is 3.66. The van der Waals surface area contributed by atoms with Crippen molar-refractivity contribution in [2.75, 3.05) is 12.4 Å². The zero-order valence-corrected chi connectivity index (χ0v) is 13.2. The Bertz CT molecular complexity index is 547. The van der Waals surface area contributed by atoms with Crippen LogP contribution in [0.3, 0.4) is 0 Å². The van der Waals surface area contributed by atoms with Crippen molar-refractivity contribution in [1.29, 1.82) is 0 Å². The van der Waals surface area contributed by atoms with Crippen LogP contribution in [-0.2, 0) is 10.0 Å². The van der Waals surface area contributed by atoms with Crippen molar-refractivity contribution in [3.63, 3.8) is 0 Å². The quantitative estimate of drug-likeness (QED) is 0.898. The van der Waals surface area contributed by atoms with Gasteiger partial charge in [-0.3, -0.25) is 0 Å². The minimum absolute atomic E-state index is 0.326. The number of hydrogen-bond donors (Lipinski definition) is 2. The van der Waals surface area contributed by atoms with Gasteiger partial charge in [0.2, 0.25) is 10.0 Å². The molecular formula is C15H24N2O2S. The van der Waals surface area contributed by atoms with E-state index in [1.54, 1.807) is 12.1 Å². The summed E-state index contributed by atoms with van der Waals surface area (Å²) in [4.78, 5) is 0.326. The van der Waals surface area contributed by atoms with E-state index in [-0.39, 0.29) is 0 Å². The molecule has 0 radical (unpaired) electrons. The Hall–Kier alpha value is -1.07. The maximum atomic E-state index is 12.1. The fraction of sp³-hybridized carbons (Fsp3) is 0.600. The van der Waals surface area contributed by atoms with Gasteiger partial charge in [0.1, 0.15) is 4.90 Å². The molecule has 0 saturated heterocycles. The highest BCUT2D eigenvalue weighted by Gasteiger charge is 2.29. The normalized spacial score (nSPS) is 27.2. The topological polar surface area (TPSA) is 58.2 Å². The molecular weight excluding hydrogens is 272 g/mol. The zero-order valence-electron chi connectivity index (χ0n) is 12.4. The minimum atomic E-state index is -3.43. The van der Waals surface area contributed by atoms with E-state index in [2.05, 4.69) is 23.9 Å². The van der Waals surface area contributed by atoms with E-state index in [1.165, 1.54) is 26.3 Å². The van der Waals surface area contributed by atoms with Crippen molar-refractivity contribution >= 4 is 15.7 Å². The van der Waals surface area contributed by atoms with Gasteiger partial charge in [-0.25, -0.2) is 13.1 Å². The molecule has 0 aliphatic heterocycles. The summed E-state index contributed by atoms with van der Waals surface area (Å²) >= 11 is 0. The molecule has 5 heteroatoms. The Labute approximate surface area is 122 Å². The number of benzene rings is 1. The maximum absolute atomic E-state index is 12.1. The van der Waals surface area contributed by atoms with Crippen molar-refractivity contribution in [3.8, 4) is 0 Å². The average Bonchev–Trinajstić information content (AvgIpc) is 2.43. The molecule has 112 valence electrons. The van der Waals surface area contributed by atoms with Gasteiger partial charge < -0.3 is 5.32 Å². The Morgan fingerprint density at radius 2 is 1.70 bits per heavy atom. The van der Waals surface area contributed by atoms with Gasteiger partial charge in [-0.05, 0) is 43.9 Å². The first-order chi connectivity index (χ1) is 9.45. The molecule has 20 heavy (non-hydrogen) atoms. The number of rotatable bonds is 4. The predicted octanol–water partition coefficient (Wildman–Crippen LogP) is 2.83. The summed E-state index contributed by atoms with van der Waals surface area (Å²) in [7, 11) is -1.98. The summed E-state index contributed by atoms with van der Waals surface area (Å²) in [5, 5.41) is 3.47. The van der Waals surface area contributed by atoms with Gasteiger partial charge in [0.05, 0.1) is 5.69 Å². The van der Waals surface area contributed by atoms with Crippen LogP contribution in [0.1, 0.15) is 33.1 Å². The smallest absolute Gasteiger partial charge is 0.242 e. The lowest BCUT2D eigenvalue weighted by Crippen LogP contribution is -2.37. The second-order valence-electron chi connectivity index (χ2n) is 5.76. The van der Waals surface area contributed by atoms with Gasteiger partial charge >= 0.3 is 0 Å². The van der Waals surface area contributed by atoms with E-state index >= 15 is 0 Å². The lowest BCUT2D eigenvalue weighted by atomic mass is 9.78. The fourth-order valence-corrected chi connectivity index (χ4v) is 3.97. The molecule has 1 saturated carbocycles. The van der Waals surface area contributed by atoms with Gasteiger partial charge in [-0.2, -0.15) is 0 Å². The van der Waals surface area contributed by atoms with Crippen LogP contribution in [0.15, 0.2) is 29.2 Å². The Morgan fingerprint density at radius 1 is 1.10 bits per heavy atom. The van der Waals surface area contributed by atoms with Crippen molar-refractivity contribution in [2.24, 2.45) is 11.8 Å². The van der Waals surface area contributed by atoms with Gasteiger partial charge in [-0.1, -0.05) is 32.4 Å². The lowest BCUT2D eigenvalue weighted by Gasteiger charge is -2.36. The van der Waals surface area contributed by atoms with Crippen LogP contribution in [-0.4, -0.2) is 21.5 Å². The van der Waals surface area contributed by atoms with Gasteiger partial charge in [-0.15, -0.1) is 0 Å². The van der Waals surface area contributed by atoms with Crippen LogP contribution in [0.5, 0.6) is 0 Å². The Kier molecular flexibility index (Phi) is 4.70. The standard InChI is InChI=1S/C15H24N2O2S/c1-11-7-6-8-12(2)15(11)17-13-9-4-5-10-14(13)20(18,19)16-3/h4-5,9-12,15-17H,6-8H2,1-3H3. The summed E-state index contributed by atoms with van der Waals surface area (Å²) in [5.74, 6) is 1.12. The summed E-state index contributed by atoms with van der Waals surface area (Å²) in [6, 6.07) is 7.44. The summed E-state index contributed by atoms with van der Waals surface area (Å²) in [5.41, 5.74) is 0.701. The van der Waals surface area contributed by atoms with Gasteiger partial charge in [0, 0.05) is 6.04 Å².